The van der Waals surface area contributed by atoms with Gasteiger partial charge in [0.25, 0.3) is 11.8 Å². The van der Waals surface area contributed by atoms with Crippen LogP contribution in [-0.4, -0.2) is 36.9 Å². The van der Waals surface area contributed by atoms with Gasteiger partial charge in [-0.3, -0.25) is 4.79 Å². The third-order valence-corrected chi connectivity index (χ3v) is 4.79. The normalized spacial score (nSPS) is 30.6. The molecule has 0 unspecified atom stereocenters. The highest BCUT2D eigenvalue weighted by Gasteiger charge is 2.78. The first-order chi connectivity index (χ1) is 9.40. The van der Waals surface area contributed by atoms with Gasteiger partial charge in [0.2, 0.25) is 0 Å². The number of nitrogens with zero attached hydrogens (tertiary/aromatic N) is 1. The van der Waals surface area contributed by atoms with Crippen molar-refractivity contribution in [1.29, 1.82) is 0 Å². The number of ether oxygens (including phenoxy) is 1. The van der Waals surface area contributed by atoms with E-state index in [1.807, 2.05) is 0 Å². The second-order valence-electron chi connectivity index (χ2n) is 5.83. The Kier molecular flexibility index (Phi) is 2.78. The maximum Gasteiger partial charge on any atom is 0.259 e. The number of benzene rings is 1. The number of hydrogen-bond donors (Lipinski definition) is 0. The highest BCUT2D eigenvalue weighted by molar-refractivity contribution is 5.94. The van der Waals surface area contributed by atoms with Crippen LogP contribution in [0.1, 0.15) is 23.7 Å². The third-order valence-electron chi connectivity index (χ3n) is 4.79. The first-order valence-electron chi connectivity index (χ1n) is 6.71. The zero-order chi connectivity index (χ0) is 14.5. The molecule has 1 amide bonds. The number of carbonyl (C=O) groups excluding carboxylic acids is 1. The lowest BCUT2D eigenvalue weighted by atomic mass is 9.97. The summed E-state index contributed by atoms with van der Waals surface area (Å²) in [4.78, 5) is 13.9. The fraction of sp³-hybridized carbons (Fsp3) is 0.533. The molecule has 1 aromatic rings. The van der Waals surface area contributed by atoms with Gasteiger partial charge in [-0.1, -0.05) is 13.0 Å². The maximum atomic E-state index is 13.7. The van der Waals surface area contributed by atoms with Gasteiger partial charge in [-0.05, 0) is 24.6 Å². The minimum Gasteiger partial charge on any atom is -0.497 e. The average Bonchev–Trinajstić information content (AvgIpc) is 2.91. The Hall–Kier alpha value is -1.65. The molecular formula is C15H17F2NO2. The van der Waals surface area contributed by atoms with Crippen LogP contribution in [0.3, 0.4) is 0 Å². The van der Waals surface area contributed by atoms with E-state index in [-0.39, 0.29) is 12.5 Å². The minimum atomic E-state index is -2.63. The second kappa shape index (κ2) is 4.17. The highest BCUT2D eigenvalue weighted by Crippen LogP contribution is 2.69. The van der Waals surface area contributed by atoms with Gasteiger partial charge in [-0.25, -0.2) is 8.78 Å². The SMILES string of the molecule is COc1cccc(C(=O)N2CC[C@@]3(C)[C@H](C2)C3(F)F)c1. The fourth-order valence-electron chi connectivity index (χ4n) is 3.13. The van der Waals surface area contributed by atoms with E-state index in [9.17, 15) is 13.6 Å². The molecule has 3 rings (SSSR count). The molecule has 1 aliphatic carbocycles. The number of methoxy groups -OCH3 is 1. The zero-order valence-electron chi connectivity index (χ0n) is 11.5. The summed E-state index contributed by atoms with van der Waals surface area (Å²) in [5.41, 5.74) is -0.421. The van der Waals surface area contributed by atoms with Crippen molar-refractivity contribution in [1.82, 2.24) is 4.90 Å². The molecule has 5 heteroatoms. The predicted octanol–water partition coefficient (Wildman–Crippen LogP) is 2.81. The predicted molar refractivity (Wildman–Crippen MR) is 70.1 cm³/mol. The molecule has 0 bridgehead atoms. The number of fused-ring (bicyclic) bond motifs is 1. The van der Waals surface area contributed by atoms with Crippen LogP contribution in [0.5, 0.6) is 5.75 Å². The highest BCUT2D eigenvalue weighted by atomic mass is 19.3. The molecule has 0 aromatic heterocycles. The Bertz CT molecular complexity index is 561. The van der Waals surface area contributed by atoms with Crippen LogP contribution in [0.15, 0.2) is 24.3 Å². The Labute approximate surface area is 116 Å². The van der Waals surface area contributed by atoms with E-state index in [4.69, 9.17) is 4.74 Å². The van der Waals surface area contributed by atoms with E-state index in [1.54, 1.807) is 31.2 Å². The first kappa shape index (κ1) is 13.3. The summed E-state index contributed by atoms with van der Waals surface area (Å²) in [5.74, 6) is -2.93. The van der Waals surface area contributed by atoms with Gasteiger partial charge in [-0.2, -0.15) is 0 Å². The second-order valence-corrected chi connectivity index (χ2v) is 5.83. The smallest absolute Gasteiger partial charge is 0.259 e. The van der Waals surface area contributed by atoms with E-state index in [2.05, 4.69) is 0 Å². The van der Waals surface area contributed by atoms with Crippen LogP contribution in [-0.2, 0) is 0 Å². The Morgan fingerprint density at radius 1 is 1.45 bits per heavy atom. The number of rotatable bonds is 2. The van der Waals surface area contributed by atoms with Gasteiger partial charge in [0.15, 0.2) is 0 Å². The Morgan fingerprint density at radius 2 is 2.20 bits per heavy atom. The summed E-state index contributed by atoms with van der Waals surface area (Å²) in [5, 5.41) is 0. The van der Waals surface area contributed by atoms with Gasteiger partial charge in [0, 0.05) is 24.1 Å². The lowest BCUT2D eigenvalue weighted by Crippen LogP contribution is -2.38. The quantitative estimate of drug-likeness (QED) is 0.834. The number of halogens is 2. The Morgan fingerprint density at radius 3 is 2.85 bits per heavy atom. The van der Waals surface area contributed by atoms with E-state index in [0.29, 0.717) is 24.3 Å². The summed E-state index contributed by atoms with van der Waals surface area (Å²) in [6.07, 6.45) is 0.361. The van der Waals surface area contributed by atoms with Crippen LogP contribution in [0.25, 0.3) is 0 Å². The summed E-state index contributed by atoms with van der Waals surface area (Å²) >= 11 is 0. The molecule has 2 fully saturated rings. The molecule has 20 heavy (non-hydrogen) atoms. The van der Waals surface area contributed by atoms with Crippen LogP contribution >= 0.6 is 0 Å². The first-order valence-corrected chi connectivity index (χ1v) is 6.71. The summed E-state index contributed by atoms with van der Waals surface area (Å²) in [6, 6.07) is 6.80. The van der Waals surface area contributed by atoms with Crippen LogP contribution in [0, 0.1) is 11.3 Å². The monoisotopic (exact) mass is 281 g/mol. The van der Waals surface area contributed by atoms with E-state index in [1.165, 1.54) is 12.0 Å². The fourth-order valence-corrected chi connectivity index (χ4v) is 3.13. The molecule has 0 radical (unpaired) electrons. The molecule has 108 valence electrons. The Balaban J connectivity index is 1.76. The van der Waals surface area contributed by atoms with E-state index >= 15 is 0 Å². The molecule has 2 aliphatic rings. The molecule has 1 aromatic carbocycles. The summed E-state index contributed by atoms with van der Waals surface area (Å²) < 4.78 is 32.5. The van der Waals surface area contributed by atoms with Gasteiger partial charge >= 0.3 is 0 Å². The molecule has 1 heterocycles. The molecule has 1 saturated carbocycles. The summed E-state index contributed by atoms with van der Waals surface area (Å²) in [7, 11) is 1.53. The number of hydrogen-bond acceptors (Lipinski definition) is 2. The van der Waals surface area contributed by atoms with Crippen molar-refractivity contribution in [3.8, 4) is 5.75 Å². The number of carbonyl (C=O) groups is 1. The molecule has 3 nitrogen and oxygen atoms in total. The standard InChI is InChI=1S/C15H17F2NO2/c1-14-6-7-18(9-12(14)15(14,16)17)13(19)10-4-3-5-11(8-10)20-2/h3-5,8,12H,6-7,9H2,1-2H3/t12-,14-/m0/s1. The van der Waals surface area contributed by atoms with Crippen molar-refractivity contribution < 1.29 is 18.3 Å². The van der Waals surface area contributed by atoms with Crippen molar-refractivity contribution >= 4 is 5.91 Å². The van der Waals surface area contributed by atoms with Gasteiger partial charge in [-0.15, -0.1) is 0 Å². The minimum absolute atomic E-state index is 0.138. The summed E-state index contributed by atoms with van der Waals surface area (Å²) in [6.45, 7) is 2.14. The third kappa shape index (κ3) is 1.72. The lowest BCUT2D eigenvalue weighted by Gasteiger charge is -2.28. The lowest BCUT2D eigenvalue weighted by molar-refractivity contribution is 0.0635. The van der Waals surface area contributed by atoms with Gasteiger partial charge < -0.3 is 9.64 Å². The van der Waals surface area contributed by atoms with E-state index < -0.39 is 17.3 Å². The largest absolute Gasteiger partial charge is 0.497 e. The van der Waals surface area contributed by atoms with Crippen LogP contribution in [0.4, 0.5) is 8.78 Å². The topological polar surface area (TPSA) is 29.5 Å². The average molecular weight is 281 g/mol. The van der Waals surface area contributed by atoms with Crippen molar-refractivity contribution in [3.63, 3.8) is 0 Å². The molecule has 0 N–H and O–H groups in total. The molecule has 1 saturated heterocycles. The maximum absolute atomic E-state index is 13.7. The number of alkyl halides is 2. The van der Waals surface area contributed by atoms with E-state index in [0.717, 1.165) is 0 Å². The molecule has 1 aliphatic heterocycles. The number of likely N-dealkylation sites (tertiary alicyclic amines) is 1. The van der Waals surface area contributed by atoms with Crippen LogP contribution in [0.2, 0.25) is 0 Å². The van der Waals surface area contributed by atoms with Crippen molar-refractivity contribution in [2.75, 3.05) is 20.2 Å². The number of piperidine rings is 1. The van der Waals surface area contributed by atoms with Crippen molar-refractivity contribution in [3.05, 3.63) is 29.8 Å². The van der Waals surface area contributed by atoms with Gasteiger partial charge in [0.05, 0.1) is 13.0 Å². The molecule has 2 atom stereocenters. The molecular weight excluding hydrogens is 264 g/mol. The van der Waals surface area contributed by atoms with Crippen molar-refractivity contribution in [2.24, 2.45) is 11.3 Å². The van der Waals surface area contributed by atoms with Crippen LogP contribution < -0.4 is 4.74 Å². The van der Waals surface area contributed by atoms with Crippen molar-refractivity contribution in [2.45, 2.75) is 19.3 Å². The molecule has 0 spiro atoms. The zero-order valence-corrected chi connectivity index (χ0v) is 11.5. The van der Waals surface area contributed by atoms with Gasteiger partial charge in [0.1, 0.15) is 5.75 Å². The number of amides is 1.